The van der Waals surface area contributed by atoms with Gasteiger partial charge in [-0.2, -0.15) is 4.31 Å². The van der Waals surface area contributed by atoms with Crippen LogP contribution < -0.4 is 5.32 Å². The van der Waals surface area contributed by atoms with E-state index in [1.54, 1.807) is 24.3 Å². The molecule has 1 amide bonds. The van der Waals surface area contributed by atoms with Crippen molar-refractivity contribution < 1.29 is 13.2 Å². The van der Waals surface area contributed by atoms with Crippen LogP contribution in [0.15, 0.2) is 47.4 Å². The molecule has 1 unspecified atom stereocenters. The number of rotatable bonds is 5. The predicted octanol–water partition coefficient (Wildman–Crippen LogP) is 3.96. The summed E-state index contributed by atoms with van der Waals surface area (Å²) in [6, 6.07) is 12.0. The van der Waals surface area contributed by atoms with Crippen LogP contribution >= 0.6 is 11.3 Å². The molecule has 1 atom stereocenters. The van der Waals surface area contributed by atoms with Gasteiger partial charge in [-0.3, -0.25) is 4.79 Å². The summed E-state index contributed by atoms with van der Waals surface area (Å²) in [4.78, 5) is 17.7. The van der Waals surface area contributed by atoms with Gasteiger partial charge in [-0.25, -0.2) is 13.4 Å². The van der Waals surface area contributed by atoms with E-state index in [0.717, 1.165) is 27.8 Å². The number of nitrogens with one attached hydrogen (secondary N) is 1. The summed E-state index contributed by atoms with van der Waals surface area (Å²) in [7, 11) is -3.72. The van der Waals surface area contributed by atoms with E-state index in [0.29, 0.717) is 24.5 Å². The van der Waals surface area contributed by atoms with E-state index in [9.17, 15) is 13.2 Å². The second kappa shape index (κ2) is 7.85. The second-order valence-electron chi connectivity index (χ2n) is 7.21. The molecule has 1 aromatic heterocycles. The molecule has 8 heteroatoms. The monoisotopic (exact) mass is 429 g/mol. The van der Waals surface area contributed by atoms with Crippen LogP contribution in [0.3, 0.4) is 0 Å². The highest BCUT2D eigenvalue weighted by atomic mass is 32.2. The first-order valence-electron chi connectivity index (χ1n) is 9.68. The van der Waals surface area contributed by atoms with Crippen molar-refractivity contribution in [2.45, 2.75) is 44.0 Å². The molecular formula is C21H23N3O3S2. The first kappa shape index (κ1) is 20.0. The van der Waals surface area contributed by atoms with Crippen LogP contribution in [0.2, 0.25) is 0 Å². The minimum Gasteiger partial charge on any atom is -0.301 e. The van der Waals surface area contributed by atoms with Crippen molar-refractivity contribution in [1.29, 1.82) is 0 Å². The second-order valence-corrected chi connectivity index (χ2v) is 10.1. The average molecular weight is 430 g/mol. The van der Waals surface area contributed by atoms with Gasteiger partial charge in [0.05, 0.1) is 15.1 Å². The number of fused-ring (bicyclic) bond motifs is 1. The lowest BCUT2D eigenvalue weighted by Crippen LogP contribution is -2.43. The van der Waals surface area contributed by atoms with Gasteiger partial charge in [0, 0.05) is 6.54 Å². The van der Waals surface area contributed by atoms with Gasteiger partial charge >= 0.3 is 0 Å². The predicted molar refractivity (Wildman–Crippen MR) is 116 cm³/mol. The molecule has 1 N–H and O–H groups in total. The van der Waals surface area contributed by atoms with Gasteiger partial charge < -0.3 is 5.32 Å². The molecule has 4 rings (SSSR count). The van der Waals surface area contributed by atoms with E-state index in [1.807, 2.05) is 25.1 Å². The van der Waals surface area contributed by atoms with Crippen LogP contribution in [-0.4, -0.2) is 36.2 Å². The summed E-state index contributed by atoms with van der Waals surface area (Å²) in [5, 5.41) is 3.35. The van der Waals surface area contributed by atoms with Crippen LogP contribution in [-0.2, 0) is 21.2 Å². The molecule has 2 aromatic carbocycles. The number of amides is 1. The van der Waals surface area contributed by atoms with E-state index < -0.39 is 16.1 Å². The Morgan fingerprint density at radius 1 is 1.24 bits per heavy atom. The number of para-hydroxylation sites is 1. The van der Waals surface area contributed by atoms with Crippen molar-refractivity contribution in [3.8, 4) is 0 Å². The highest BCUT2D eigenvalue weighted by molar-refractivity contribution is 7.89. The molecule has 2 heterocycles. The fourth-order valence-electron chi connectivity index (χ4n) is 3.67. The zero-order chi connectivity index (χ0) is 20.6. The molecule has 0 bridgehead atoms. The summed E-state index contributed by atoms with van der Waals surface area (Å²) < 4.78 is 28.5. The van der Waals surface area contributed by atoms with Gasteiger partial charge in [-0.15, -0.1) is 0 Å². The first-order chi connectivity index (χ1) is 13.9. The maximum absolute atomic E-state index is 13.1. The molecule has 0 spiro atoms. The van der Waals surface area contributed by atoms with Gasteiger partial charge in [0.25, 0.3) is 0 Å². The maximum Gasteiger partial charge on any atom is 0.244 e. The molecule has 0 radical (unpaired) electrons. The Balaban J connectivity index is 1.57. The molecule has 1 aliphatic rings. The third-order valence-corrected chi connectivity index (χ3v) is 8.11. The highest BCUT2D eigenvalue weighted by Crippen LogP contribution is 2.31. The van der Waals surface area contributed by atoms with Crippen LogP contribution in [0.4, 0.5) is 5.13 Å². The van der Waals surface area contributed by atoms with Gasteiger partial charge in [-0.05, 0) is 49.9 Å². The molecule has 29 heavy (non-hydrogen) atoms. The van der Waals surface area contributed by atoms with Gasteiger partial charge in [-0.1, -0.05) is 48.1 Å². The van der Waals surface area contributed by atoms with E-state index in [4.69, 9.17) is 0 Å². The molecular weight excluding hydrogens is 406 g/mol. The minimum atomic E-state index is -3.72. The highest BCUT2D eigenvalue weighted by Gasteiger charge is 2.39. The van der Waals surface area contributed by atoms with Crippen LogP contribution in [0, 0.1) is 6.92 Å². The number of nitrogens with zero attached hydrogens (tertiary/aromatic N) is 2. The Morgan fingerprint density at radius 2 is 2.00 bits per heavy atom. The molecule has 152 valence electrons. The molecule has 1 fully saturated rings. The van der Waals surface area contributed by atoms with Crippen molar-refractivity contribution in [3.63, 3.8) is 0 Å². The normalized spacial score (nSPS) is 17.7. The van der Waals surface area contributed by atoms with Crippen molar-refractivity contribution in [2.24, 2.45) is 0 Å². The lowest BCUT2D eigenvalue weighted by Gasteiger charge is -2.23. The summed E-state index contributed by atoms with van der Waals surface area (Å²) in [6.45, 7) is 4.32. The zero-order valence-electron chi connectivity index (χ0n) is 16.4. The summed E-state index contributed by atoms with van der Waals surface area (Å²) in [5.74, 6) is -0.324. The molecule has 0 saturated carbocycles. The largest absolute Gasteiger partial charge is 0.301 e. The van der Waals surface area contributed by atoms with Gasteiger partial charge in [0.1, 0.15) is 6.04 Å². The summed E-state index contributed by atoms with van der Waals surface area (Å²) >= 11 is 1.41. The van der Waals surface area contributed by atoms with Crippen molar-refractivity contribution in [2.75, 3.05) is 11.9 Å². The number of thiazole rings is 1. The molecule has 0 aliphatic carbocycles. The van der Waals surface area contributed by atoms with Crippen LogP contribution in [0.1, 0.15) is 30.9 Å². The average Bonchev–Trinajstić information content (AvgIpc) is 3.35. The number of benzene rings is 2. The quantitative estimate of drug-likeness (QED) is 0.666. The van der Waals surface area contributed by atoms with Crippen molar-refractivity contribution in [3.05, 3.63) is 53.6 Å². The van der Waals surface area contributed by atoms with Crippen LogP contribution in [0.5, 0.6) is 0 Å². The van der Waals surface area contributed by atoms with Crippen LogP contribution in [0.25, 0.3) is 10.2 Å². The number of aryl methyl sites for hydroxylation is 2. The molecule has 3 aromatic rings. The maximum atomic E-state index is 13.1. The number of aromatic nitrogens is 1. The van der Waals surface area contributed by atoms with E-state index in [2.05, 4.69) is 17.2 Å². The standard InChI is InChI=1S/C21H23N3O3S2/c1-3-15-6-4-8-18-19(15)22-21(28-18)23-20(25)17-7-5-13-24(17)29(26,27)16-11-9-14(2)10-12-16/h4,6,8-12,17H,3,5,7,13H2,1-2H3,(H,22,23,25). The topological polar surface area (TPSA) is 79.4 Å². The van der Waals surface area contributed by atoms with Crippen molar-refractivity contribution >= 4 is 42.6 Å². The number of hydrogen-bond acceptors (Lipinski definition) is 5. The Labute approximate surface area is 174 Å². The summed E-state index contributed by atoms with van der Waals surface area (Å²) in [6.07, 6.45) is 2.02. The van der Waals surface area contributed by atoms with Gasteiger partial charge in [0.2, 0.25) is 15.9 Å². The third kappa shape index (κ3) is 3.80. The molecule has 6 nitrogen and oxygen atoms in total. The Hall–Kier alpha value is -2.29. The summed E-state index contributed by atoms with van der Waals surface area (Å²) in [5.41, 5.74) is 3.01. The minimum absolute atomic E-state index is 0.218. The number of hydrogen-bond donors (Lipinski definition) is 1. The lowest BCUT2D eigenvalue weighted by atomic mass is 10.1. The van der Waals surface area contributed by atoms with E-state index in [-0.39, 0.29) is 10.8 Å². The van der Waals surface area contributed by atoms with E-state index >= 15 is 0 Å². The smallest absolute Gasteiger partial charge is 0.244 e. The Kier molecular flexibility index (Phi) is 5.42. The third-order valence-electron chi connectivity index (χ3n) is 5.25. The first-order valence-corrected chi connectivity index (χ1v) is 11.9. The molecule has 1 aliphatic heterocycles. The number of carbonyl (C=O) groups excluding carboxylic acids is 1. The van der Waals surface area contributed by atoms with Gasteiger partial charge in [0.15, 0.2) is 5.13 Å². The number of sulfonamides is 1. The van der Waals surface area contributed by atoms with E-state index in [1.165, 1.54) is 15.6 Å². The number of carbonyl (C=O) groups is 1. The fraction of sp³-hybridized carbons (Fsp3) is 0.333. The number of anilines is 1. The SMILES string of the molecule is CCc1cccc2sc(NC(=O)C3CCCN3S(=O)(=O)c3ccc(C)cc3)nc12. The Morgan fingerprint density at radius 3 is 2.72 bits per heavy atom. The zero-order valence-corrected chi connectivity index (χ0v) is 18.0. The fourth-order valence-corrected chi connectivity index (χ4v) is 6.24. The van der Waals surface area contributed by atoms with Crippen molar-refractivity contribution in [1.82, 2.24) is 9.29 Å². The lowest BCUT2D eigenvalue weighted by molar-refractivity contribution is -0.119. The molecule has 1 saturated heterocycles. The Bertz CT molecular complexity index is 1150.